The molecule has 1 fully saturated rings. The molecule has 1 aliphatic rings. The minimum atomic E-state index is -3.72. The van der Waals surface area contributed by atoms with Crippen molar-refractivity contribution in [2.24, 2.45) is 0 Å². The number of sulfone groups is 1. The Labute approximate surface area is 177 Å². The van der Waals surface area contributed by atoms with E-state index in [1.54, 1.807) is 4.68 Å². The largest absolute Gasteiger partial charge is 0.350 e. The summed E-state index contributed by atoms with van der Waals surface area (Å²) in [6.07, 6.45) is 4.99. The first-order valence-electron chi connectivity index (χ1n) is 10.1. The highest BCUT2D eigenvalue weighted by molar-refractivity contribution is 7.92. The third-order valence-corrected chi connectivity index (χ3v) is 7.60. The van der Waals surface area contributed by atoms with Crippen LogP contribution >= 0.6 is 0 Å². The Morgan fingerprint density at radius 3 is 2.70 bits per heavy atom. The van der Waals surface area contributed by atoms with Crippen LogP contribution in [0, 0.1) is 6.92 Å². The molecule has 1 aromatic carbocycles. The maximum absolute atomic E-state index is 12.8. The highest BCUT2D eigenvalue weighted by Gasteiger charge is 2.44. The molecule has 1 aliphatic heterocycles. The van der Waals surface area contributed by atoms with Crippen molar-refractivity contribution < 1.29 is 22.8 Å². The lowest BCUT2D eigenvalue weighted by atomic mass is 10.1. The Bertz CT molecular complexity index is 968. The van der Waals surface area contributed by atoms with Gasteiger partial charge in [0.05, 0.1) is 5.69 Å². The first-order valence-corrected chi connectivity index (χ1v) is 12.0. The monoisotopic (exact) mass is 435 g/mol. The Kier molecular flexibility index (Phi) is 6.95. The van der Waals surface area contributed by atoms with Crippen LogP contribution < -0.4 is 5.48 Å². The highest BCUT2D eigenvalue weighted by Crippen LogP contribution is 2.25. The van der Waals surface area contributed by atoms with Gasteiger partial charge >= 0.3 is 0 Å². The average Bonchev–Trinajstić information content (AvgIpc) is 3.11. The number of carbonyl (C=O) groups excluding carboxylic acids is 1. The molecule has 164 valence electrons. The molecule has 1 unspecified atom stereocenters. The molecule has 8 nitrogen and oxygen atoms in total. The molecule has 30 heavy (non-hydrogen) atoms. The van der Waals surface area contributed by atoms with E-state index in [0.29, 0.717) is 13.0 Å². The lowest BCUT2D eigenvalue weighted by molar-refractivity contribution is -0.201. The van der Waals surface area contributed by atoms with Crippen LogP contribution in [0.15, 0.2) is 36.5 Å². The summed E-state index contributed by atoms with van der Waals surface area (Å²) in [7, 11) is -3.72. The summed E-state index contributed by atoms with van der Waals surface area (Å²) in [5.74, 6) is -0.702. The summed E-state index contributed by atoms with van der Waals surface area (Å²) in [6.45, 7) is 4.15. The van der Waals surface area contributed by atoms with Crippen molar-refractivity contribution in [1.29, 1.82) is 0 Å². The molecule has 2 heterocycles. The molecule has 2 aromatic rings. The van der Waals surface area contributed by atoms with E-state index in [-0.39, 0.29) is 13.0 Å². The summed E-state index contributed by atoms with van der Waals surface area (Å²) in [5.41, 5.74) is 5.15. The van der Waals surface area contributed by atoms with Gasteiger partial charge in [-0.15, -0.1) is 0 Å². The topological polar surface area (TPSA) is 99.5 Å². The molecule has 0 spiro atoms. The van der Waals surface area contributed by atoms with Crippen LogP contribution in [0.3, 0.4) is 0 Å². The highest BCUT2D eigenvalue weighted by atomic mass is 32.2. The predicted molar refractivity (Wildman–Crippen MR) is 113 cm³/mol. The molecular formula is C21H29N3O5S. The molecule has 9 heteroatoms. The van der Waals surface area contributed by atoms with Gasteiger partial charge < -0.3 is 4.74 Å². The summed E-state index contributed by atoms with van der Waals surface area (Å²) < 4.78 is 30.4. The zero-order valence-electron chi connectivity index (χ0n) is 17.6. The van der Waals surface area contributed by atoms with Crippen LogP contribution in [0.4, 0.5) is 0 Å². The third-order valence-electron chi connectivity index (χ3n) is 5.57. The lowest BCUT2D eigenvalue weighted by Gasteiger charge is -2.28. The minimum Gasteiger partial charge on any atom is -0.350 e. The second-order valence-electron chi connectivity index (χ2n) is 7.86. The zero-order valence-corrected chi connectivity index (χ0v) is 18.4. The number of hydroxylamine groups is 1. The molecule has 3 rings (SSSR count). The Balaban J connectivity index is 1.70. The second-order valence-corrected chi connectivity index (χ2v) is 10.3. The van der Waals surface area contributed by atoms with Crippen LogP contribution in [-0.4, -0.2) is 48.0 Å². The van der Waals surface area contributed by atoms with Crippen LogP contribution in [0.2, 0.25) is 0 Å². The fraction of sp³-hybridized carbons (Fsp3) is 0.524. The molecule has 0 aliphatic carbocycles. The summed E-state index contributed by atoms with van der Waals surface area (Å²) in [6, 6.07) is 9.83. The van der Waals surface area contributed by atoms with Gasteiger partial charge in [0.25, 0.3) is 5.91 Å². The lowest BCUT2D eigenvalue weighted by Crippen LogP contribution is -2.51. The minimum absolute atomic E-state index is 0.0574. The van der Waals surface area contributed by atoms with Gasteiger partial charge in [-0.3, -0.25) is 9.48 Å². The van der Waals surface area contributed by atoms with Crippen LogP contribution in [0.5, 0.6) is 0 Å². The maximum atomic E-state index is 12.8. The Hall–Kier alpha value is -2.23. The number of carbonyl (C=O) groups is 1. The van der Waals surface area contributed by atoms with Gasteiger partial charge in [0.1, 0.15) is 0 Å². The number of ether oxygens (including phenoxy) is 1. The molecule has 1 aromatic heterocycles. The smallest absolute Gasteiger partial charge is 0.264 e. The fourth-order valence-corrected chi connectivity index (χ4v) is 4.20. The molecule has 0 radical (unpaired) electrons. The molecule has 2 atom stereocenters. The first kappa shape index (κ1) is 22.5. The fourth-order valence-electron chi connectivity index (χ4n) is 3.36. The summed E-state index contributed by atoms with van der Waals surface area (Å²) in [5, 5.41) is 4.49. The van der Waals surface area contributed by atoms with Crippen molar-refractivity contribution in [3.8, 4) is 11.1 Å². The van der Waals surface area contributed by atoms with Crippen LogP contribution in [0.25, 0.3) is 11.1 Å². The molecule has 0 bridgehead atoms. The van der Waals surface area contributed by atoms with Gasteiger partial charge in [0.15, 0.2) is 20.9 Å². The van der Waals surface area contributed by atoms with Gasteiger partial charge in [0.2, 0.25) is 0 Å². The standard InChI is InChI=1S/C21H29N3O5S/c1-16-18(17-9-5-4-6-10-17)15-24(22-16)13-12-21(2,30(3,26)27)20(25)23-29-19-11-7-8-14-28-19/h4-6,9-10,15,19H,7-8,11-14H2,1-3H3,(H,23,25)/t19?,21-/m1/s1. The van der Waals surface area contributed by atoms with Gasteiger partial charge in [-0.05, 0) is 38.7 Å². The van der Waals surface area contributed by atoms with Crippen molar-refractivity contribution in [2.75, 3.05) is 12.9 Å². The third kappa shape index (κ3) is 5.08. The predicted octanol–water partition coefficient (Wildman–Crippen LogP) is 2.63. The number of hydrogen-bond acceptors (Lipinski definition) is 6. The van der Waals surface area contributed by atoms with Gasteiger partial charge in [-0.25, -0.2) is 18.7 Å². The van der Waals surface area contributed by atoms with E-state index in [1.807, 2.05) is 43.5 Å². The average molecular weight is 436 g/mol. The van der Waals surface area contributed by atoms with Crippen molar-refractivity contribution in [2.45, 2.75) is 57.1 Å². The number of aryl methyl sites for hydroxylation is 2. The number of nitrogens with zero attached hydrogens (tertiary/aromatic N) is 2. The number of amides is 1. The summed E-state index contributed by atoms with van der Waals surface area (Å²) >= 11 is 0. The normalized spacial score (nSPS) is 19.2. The molecule has 1 saturated heterocycles. The first-order chi connectivity index (χ1) is 14.2. The Morgan fingerprint density at radius 2 is 2.07 bits per heavy atom. The van der Waals surface area contributed by atoms with Gasteiger partial charge in [-0.1, -0.05) is 30.3 Å². The quantitative estimate of drug-likeness (QED) is 0.640. The molecule has 1 N–H and O–H groups in total. The number of hydrogen-bond donors (Lipinski definition) is 1. The molecule has 1 amide bonds. The van der Waals surface area contributed by atoms with Gasteiger partial charge in [0, 0.05) is 37.6 Å². The second kappa shape index (κ2) is 9.28. The van der Waals surface area contributed by atoms with E-state index >= 15 is 0 Å². The Morgan fingerprint density at radius 1 is 1.33 bits per heavy atom. The number of nitrogens with one attached hydrogen (secondary N) is 1. The van der Waals surface area contributed by atoms with Crippen molar-refractivity contribution in [3.63, 3.8) is 0 Å². The van der Waals surface area contributed by atoms with E-state index in [1.165, 1.54) is 6.92 Å². The summed E-state index contributed by atoms with van der Waals surface area (Å²) in [4.78, 5) is 18.1. The van der Waals surface area contributed by atoms with E-state index in [0.717, 1.165) is 35.9 Å². The SMILES string of the molecule is Cc1nn(CC[C@](C)(C(=O)NOC2CCCCO2)S(C)(=O)=O)cc1-c1ccccc1. The van der Waals surface area contributed by atoms with E-state index in [9.17, 15) is 13.2 Å². The van der Waals surface area contributed by atoms with Crippen molar-refractivity contribution in [3.05, 3.63) is 42.2 Å². The van der Waals surface area contributed by atoms with Crippen molar-refractivity contribution >= 4 is 15.7 Å². The van der Waals surface area contributed by atoms with Crippen LogP contribution in [0.1, 0.15) is 38.3 Å². The number of benzene rings is 1. The molecular weight excluding hydrogens is 406 g/mol. The molecule has 0 saturated carbocycles. The maximum Gasteiger partial charge on any atom is 0.264 e. The van der Waals surface area contributed by atoms with E-state index < -0.39 is 26.8 Å². The van der Waals surface area contributed by atoms with Crippen molar-refractivity contribution in [1.82, 2.24) is 15.3 Å². The van der Waals surface area contributed by atoms with Crippen LogP contribution in [-0.2, 0) is 30.8 Å². The number of aromatic nitrogens is 2. The number of rotatable bonds is 8. The zero-order chi connectivity index (χ0) is 21.8. The van der Waals surface area contributed by atoms with E-state index in [2.05, 4.69) is 10.6 Å². The van der Waals surface area contributed by atoms with E-state index in [4.69, 9.17) is 9.57 Å². The van der Waals surface area contributed by atoms with Gasteiger partial charge in [-0.2, -0.15) is 5.10 Å².